The fraction of sp³-hybridized carbons (Fsp3) is 0.529. The van der Waals surface area contributed by atoms with Gasteiger partial charge < -0.3 is 10.0 Å². The number of carbonyl (C=O) groups excluding carboxylic acids is 2. The van der Waals surface area contributed by atoms with Crippen LogP contribution in [-0.4, -0.2) is 41.4 Å². The van der Waals surface area contributed by atoms with E-state index in [-0.39, 0.29) is 24.5 Å². The molecule has 0 radical (unpaired) electrons. The van der Waals surface area contributed by atoms with E-state index in [4.69, 9.17) is 0 Å². The monoisotopic (exact) mass is 291 g/mol. The number of hydrogen-bond donors (Lipinski definition) is 1. The molecule has 1 aromatic rings. The number of rotatable bonds is 7. The van der Waals surface area contributed by atoms with Crippen LogP contribution >= 0.6 is 0 Å². The Hall–Kier alpha value is -1.68. The third kappa shape index (κ3) is 5.68. The number of aliphatic hydroxyl groups is 1. The number of ketones is 1. The van der Waals surface area contributed by atoms with Gasteiger partial charge in [-0.25, -0.2) is 0 Å². The second kappa shape index (κ2) is 7.93. The lowest BCUT2D eigenvalue weighted by molar-refractivity contribution is -0.130. The number of hydrogen-bond acceptors (Lipinski definition) is 3. The molecule has 1 unspecified atom stereocenters. The first kappa shape index (κ1) is 17.4. The lowest BCUT2D eigenvalue weighted by Crippen LogP contribution is -2.29. The summed E-state index contributed by atoms with van der Waals surface area (Å²) < 4.78 is 0. The summed E-state index contributed by atoms with van der Waals surface area (Å²) in [5, 5.41) is 9.21. The Bertz CT molecular complexity index is 509. The molecule has 1 rings (SSSR count). The van der Waals surface area contributed by atoms with Crippen molar-refractivity contribution in [1.29, 1.82) is 0 Å². The maximum absolute atomic E-state index is 12.2. The molecule has 4 heteroatoms. The van der Waals surface area contributed by atoms with E-state index in [2.05, 4.69) is 0 Å². The van der Waals surface area contributed by atoms with Crippen LogP contribution in [0.5, 0.6) is 0 Å². The average molecular weight is 291 g/mol. The average Bonchev–Trinajstić information content (AvgIpc) is 2.44. The summed E-state index contributed by atoms with van der Waals surface area (Å²) in [7, 11) is 1.70. The third-order valence-corrected chi connectivity index (χ3v) is 3.57. The van der Waals surface area contributed by atoms with E-state index in [9.17, 15) is 14.7 Å². The Balaban J connectivity index is 2.52. The highest BCUT2D eigenvalue weighted by Gasteiger charge is 2.14. The first-order valence-electron chi connectivity index (χ1n) is 7.33. The molecule has 0 heterocycles. The standard InChI is InChI=1S/C17H25NO3/c1-12-5-6-13(2)15(11-12)16(20)7-8-17(21)18(4)10-9-14(3)19/h5-6,11,14,19H,7-10H2,1-4H3. The number of benzene rings is 1. The van der Waals surface area contributed by atoms with Crippen molar-refractivity contribution in [2.75, 3.05) is 13.6 Å². The van der Waals surface area contributed by atoms with Crippen molar-refractivity contribution in [2.24, 2.45) is 0 Å². The number of Topliss-reactive ketones (excluding diaryl/α,β-unsaturated/α-hetero) is 1. The van der Waals surface area contributed by atoms with Gasteiger partial charge in [0.2, 0.25) is 5.91 Å². The second-order valence-corrected chi connectivity index (χ2v) is 5.69. The Kier molecular flexibility index (Phi) is 6.56. The van der Waals surface area contributed by atoms with Crippen molar-refractivity contribution in [3.05, 3.63) is 34.9 Å². The largest absolute Gasteiger partial charge is 0.393 e. The molecule has 0 fully saturated rings. The normalized spacial score (nSPS) is 12.0. The molecule has 4 nitrogen and oxygen atoms in total. The van der Waals surface area contributed by atoms with Crippen LogP contribution in [0.2, 0.25) is 0 Å². The van der Waals surface area contributed by atoms with Crippen LogP contribution < -0.4 is 0 Å². The van der Waals surface area contributed by atoms with E-state index in [0.717, 1.165) is 11.1 Å². The molecule has 1 N–H and O–H groups in total. The molecule has 0 aliphatic heterocycles. The van der Waals surface area contributed by atoms with Gasteiger partial charge in [-0.05, 0) is 38.8 Å². The van der Waals surface area contributed by atoms with E-state index in [1.807, 2.05) is 32.0 Å². The van der Waals surface area contributed by atoms with Crippen molar-refractivity contribution < 1.29 is 14.7 Å². The summed E-state index contributed by atoms with van der Waals surface area (Å²) in [5.41, 5.74) is 2.69. The van der Waals surface area contributed by atoms with E-state index in [0.29, 0.717) is 18.5 Å². The minimum atomic E-state index is -0.420. The van der Waals surface area contributed by atoms with Crippen molar-refractivity contribution in [3.8, 4) is 0 Å². The zero-order valence-electron chi connectivity index (χ0n) is 13.3. The van der Waals surface area contributed by atoms with Crippen LogP contribution in [0.4, 0.5) is 0 Å². The summed E-state index contributed by atoms with van der Waals surface area (Å²) in [6.07, 6.45) is 0.564. The number of nitrogens with zero attached hydrogens (tertiary/aromatic N) is 1. The fourth-order valence-corrected chi connectivity index (χ4v) is 2.09. The van der Waals surface area contributed by atoms with Crippen LogP contribution in [0.25, 0.3) is 0 Å². The van der Waals surface area contributed by atoms with Crippen molar-refractivity contribution in [1.82, 2.24) is 4.90 Å². The predicted octanol–water partition coefficient (Wildman–Crippen LogP) is 2.50. The fourth-order valence-electron chi connectivity index (χ4n) is 2.09. The zero-order valence-corrected chi connectivity index (χ0v) is 13.3. The van der Waals surface area contributed by atoms with E-state index < -0.39 is 6.10 Å². The number of aryl methyl sites for hydroxylation is 2. The van der Waals surface area contributed by atoms with Gasteiger partial charge in [0.25, 0.3) is 0 Å². The van der Waals surface area contributed by atoms with E-state index in [1.54, 1.807) is 18.9 Å². The molecule has 1 atom stereocenters. The van der Waals surface area contributed by atoms with Crippen molar-refractivity contribution in [3.63, 3.8) is 0 Å². The molecular weight excluding hydrogens is 266 g/mol. The smallest absolute Gasteiger partial charge is 0.222 e. The number of amides is 1. The minimum Gasteiger partial charge on any atom is -0.393 e. The van der Waals surface area contributed by atoms with Gasteiger partial charge in [-0.15, -0.1) is 0 Å². The lowest BCUT2D eigenvalue weighted by Gasteiger charge is -2.18. The van der Waals surface area contributed by atoms with Crippen LogP contribution in [0.3, 0.4) is 0 Å². The first-order chi connectivity index (χ1) is 9.81. The molecule has 1 aromatic carbocycles. The van der Waals surface area contributed by atoms with E-state index >= 15 is 0 Å². The molecule has 0 saturated carbocycles. The molecule has 0 bridgehead atoms. The summed E-state index contributed by atoms with van der Waals surface area (Å²) in [6, 6.07) is 5.78. The predicted molar refractivity (Wildman–Crippen MR) is 83.4 cm³/mol. The second-order valence-electron chi connectivity index (χ2n) is 5.69. The van der Waals surface area contributed by atoms with Crippen molar-refractivity contribution >= 4 is 11.7 Å². The van der Waals surface area contributed by atoms with Gasteiger partial charge in [0.1, 0.15) is 0 Å². The maximum Gasteiger partial charge on any atom is 0.222 e. The lowest BCUT2D eigenvalue weighted by atomic mass is 9.99. The highest BCUT2D eigenvalue weighted by molar-refractivity contribution is 5.99. The molecule has 0 aliphatic carbocycles. The van der Waals surface area contributed by atoms with Crippen molar-refractivity contribution in [2.45, 2.75) is 46.1 Å². The van der Waals surface area contributed by atoms with Gasteiger partial charge >= 0.3 is 0 Å². The summed E-state index contributed by atoms with van der Waals surface area (Å²) in [6.45, 7) is 6.06. The molecular formula is C17H25NO3. The number of carbonyl (C=O) groups is 2. The Morgan fingerprint density at radius 1 is 1.24 bits per heavy atom. The topological polar surface area (TPSA) is 57.6 Å². The van der Waals surface area contributed by atoms with Gasteiger partial charge in [0.15, 0.2) is 5.78 Å². The molecule has 1 amide bonds. The molecule has 0 saturated heterocycles. The minimum absolute atomic E-state index is 0.00785. The molecule has 21 heavy (non-hydrogen) atoms. The zero-order chi connectivity index (χ0) is 16.0. The molecule has 0 spiro atoms. The molecule has 0 aliphatic rings. The van der Waals surface area contributed by atoms with Crippen LogP contribution in [0.15, 0.2) is 18.2 Å². The quantitative estimate of drug-likeness (QED) is 0.785. The third-order valence-electron chi connectivity index (χ3n) is 3.57. The Morgan fingerprint density at radius 2 is 1.90 bits per heavy atom. The summed E-state index contributed by atoms with van der Waals surface area (Å²) in [4.78, 5) is 25.7. The summed E-state index contributed by atoms with van der Waals surface area (Å²) >= 11 is 0. The van der Waals surface area contributed by atoms with Crippen LogP contribution in [0.1, 0.15) is 47.7 Å². The van der Waals surface area contributed by atoms with Crippen LogP contribution in [0, 0.1) is 13.8 Å². The Morgan fingerprint density at radius 3 is 2.52 bits per heavy atom. The van der Waals surface area contributed by atoms with Gasteiger partial charge in [-0.1, -0.05) is 17.7 Å². The number of aliphatic hydroxyl groups excluding tert-OH is 1. The highest BCUT2D eigenvalue weighted by atomic mass is 16.3. The van der Waals surface area contributed by atoms with Gasteiger partial charge in [-0.2, -0.15) is 0 Å². The van der Waals surface area contributed by atoms with E-state index in [1.165, 1.54) is 0 Å². The Labute approximate surface area is 126 Å². The van der Waals surface area contributed by atoms with Crippen LogP contribution in [-0.2, 0) is 4.79 Å². The maximum atomic E-state index is 12.2. The molecule has 116 valence electrons. The van der Waals surface area contributed by atoms with Gasteiger partial charge in [0.05, 0.1) is 6.10 Å². The summed E-state index contributed by atoms with van der Waals surface area (Å²) in [5.74, 6) is -0.0530. The SMILES string of the molecule is Cc1ccc(C)c(C(=O)CCC(=O)N(C)CCC(C)O)c1. The van der Waals surface area contributed by atoms with Gasteiger partial charge in [0, 0.05) is 32.0 Å². The molecule has 0 aromatic heterocycles. The highest BCUT2D eigenvalue weighted by Crippen LogP contribution is 2.14. The first-order valence-corrected chi connectivity index (χ1v) is 7.33. The van der Waals surface area contributed by atoms with Gasteiger partial charge in [-0.3, -0.25) is 9.59 Å².